The molecule has 0 bridgehead atoms. The molecule has 0 fully saturated rings. The molecule has 2 amide bonds. The summed E-state index contributed by atoms with van der Waals surface area (Å²) in [5.41, 5.74) is 2.06. The first-order valence-corrected chi connectivity index (χ1v) is 16.1. The number of unbranched alkanes of at least 4 members (excludes halogenated alkanes) is 1. The van der Waals surface area contributed by atoms with E-state index in [4.69, 9.17) is 0 Å². The van der Waals surface area contributed by atoms with Crippen LogP contribution in [-0.2, 0) is 32.6 Å². The Morgan fingerprint density at radius 2 is 1.54 bits per heavy atom. The molecule has 3 aromatic rings. The Kier molecular flexibility index (Phi) is 11.6. The monoisotopic (exact) mass is 677 g/mol. The lowest BCUT2D eigenvalue weighted by atomic mass is 10.0. The molecule has 39 heavy (non-hydrogen) atoms. The molecule has 3 aromatic carbocycles. The van der Waals surface area contributed by atoms with Crippen LogP contribution in [0.2, 0.25) is 0 Å². The lowest BCUT2D eigenvalue weighted by Crippen LogP contribution is -2.53. The van der Waals surface area contributed by atoms with Crippen molar-refractivity contribution in [2.45, 2.75) is 38.8 Å². The molecular weight excluding hydrogens is 646 g/mol. The Labute approximate surface area is 247 Å². The first-order chi connectivity index (χ1) is 18.6. The molecule has 1 N–H and O–H groups in total. The van der Waals surface area contributed by atoms with Crippen LogP contribution in [-0.4, -0.2) is 50.5 Å². The largest absolute Gasteiger partial charge is 0.354 e. The average Bonchev–Trinajstić information content (AvgIpc) is 2.89. The zero-order chi connectivity index (χ0) is 28.4. The van der Waals surface area contributed by atoms with Gasteiger partial charge in [0.2, 0.25) is 21.8 Å². The highest BCUT2D eigenvalue weighted by Crippen LogP contribution is 2.24. The molecule has 0 spiro atoms. The summed E-state index contributed by atoms with van der Waals surface area (Å²) in [5, 5.41) is 2.98. The molecule has 208 valence electrons. The SMILES string of the molecule is CCCCNC(=O)[C@@H](Cc1ccccc1)N(Cc1cccc(Br)c1)C(=O)CN(c1cccc(Br)c1)S(C)(=O)=O. The summed E-state index contributed by atoms with van der Waals surface area (Å²) >= 11 is 6.86. The third-order valence-electron chi connectivity index (χ3n) is 6.12. The first kappa shape index (κ1) is 30.8. The normalized spacial score (nSPS) is 12.0. The van der Waals surface area contributed by atoms with E-state index in [0.717, 1.165) is 39.0 Å². The van der Waals surface area contributed by atoms with E-state index in [9.17, 15) is 18.0 Å². The average molecular weight is 679 g/mol. The van der Waals surface area contributed by atoms with E-state index in [1.165, 1.54) is 4.90 Å². The van der Waals surface area contributed by atoms with Gasteiger partial charge in [-0.3, -0.25) is 13.9 Å². The highest BCUT2D eigenvalue weighted by atomic mass is 79.9. The standard InChI is InChI=1S/C29H33Br2N3O4S/c1-3-4-16-32-29(36)27(18-22-10-6-5-7-11-22)33(20-23-12-8-13-24(30)17-23)28(35)21-34(39(2,37)38)26-15-9-14-25(31)19-26/h5-15,17,19,27H,3-4,16,18,20-21H2,1-2H3,(H,32,36)/t27-/m1/s1. The van der Waals surface area contributed by atoms with E-state index in [-0.39, 0.29) is 18.9 Å². The number of halogens is 2. The summed E-state index contributed by atoms with van der Waals surface area (Å²) in [6, 6.07) is 22.9. The minimum Gasteiger partial charge on any atom is -0.354 e. The number of hydrogen-bond acceptors (Lipinski definition) is 4. The van der Waals surface area contributed by atoms with E-state index >= 15 is 0 Å². The minimum absolute atomic E-state index is 0.132. The lowest BCUT2D eigenvalue weighted by Gasteiger charge is -2.33. The van der Waals surface area contributed by atoms with Crippen LogP contribution in [0.15, 0.2) is 87.8 Å². The second-order valence-electron chi connectivity index (χ2n) is 9.25. The predicted octanol–water partition coefficient (Wildman–Crippen LogP) is 5.53. The van der Waals surface area contributed by atoms with Gasteiger partial charge in [-0.05, 0) is 47.9 Å². The number of hydrogen-bond donors (Lipinski definition) is 1. The Morgan fingerprint density at radius 3 is 2.15 bits per heavy atom. The van der Waals surface area contributed by atoms with Crippen LogP contribution >= 0.6 is 31.9 Å². The van der Waals surface area contributed by atoms with Crippen LogP contribution in [0, 0.1) is 0 Å². The van der Waals surface area contributed by atoms with Gasteiger partial charge in [0.25, 0.3) is 0 Å². The van der Waals surface area contributed by atoms with Gasteiger partial charge in [0.15, 0.2) is 0 Å². The minimum atomic E-state index is -3.81. The third-order valence-corrected chi connectivity index (χ3v) is 8.25. The molecule has 3 rings (SSSR count). The quantitative estimate of drug-likeness (QED) is 0.241. The highest BCUT2D eigenvalue weighted by Gasteiger charge is 2.33. The summed E-state index contributed by atoms with van der Waals surface area (Å²) in [7, 11) is -3.81. The number of carbonyl (C=O) groups excluding carboxylic acids is 2. The van der Waals surface area contributed by atoms with Crippen LogP contribution in [0.3, 0.4) is 0 Å². The van der Waals surface area contributed by atoms with Crippen molar-refractivity contribution < 1.29 is 18.0 Å². The molecule has 10 heteroatoms. The number of carbonyl (C=O) groups is 2. The zero-order valence-corrected chi connectivity index (χ0v) is 26.0. The molecule has 0 heterocycles. The van der Waals surface area contributed by atoms with E-state index < -0.39 is 28.5 Å². The number of nitrogens with one attached hydrogen (secondary N) is 1. The van der Waals surface area contributed by atoms with Crippen molar-refractivity contribution in [3.63, 3.8) is 0 Å². The van der Waals surface area contributed by atoms with Crippen LogP contribution in [0.1, 0.15) is 30.9 Å². The predicted molar refractivity (Wildman–Crippen MR) is 163 cm³/mol. The third kappa shape index (κ3) is 9.47. The van der Waals surface area contributed by atoms with Crippen LogP contribution in [0.25, 0.3) is 0 Å². The number of nitrogens with zero attached hydrogens (tertiary/aromatic N) is 2. The maximum absolute atomic E-state index is 14.0. The number of rotatable bonds is 13. The van der Waals surface area contributed by atoms with Gasteiger partial charge in [0.1, 0.15) is 12.6 Å². The second-order valence-corrected chi connectivity index (χ2v) is 13.0. The molecule has 0 aromatic heterocycles. The summed E-state index contributed by atoms with van der Waals surface area (Å²) in [6.07, 6.45) is 3.08. The summed E-state index contributed by atoms with van der Waals surface area (Å²) in [4.78, 5) is 29.1. The van der Waals surface area contributed by atoms with Crippen molar-refractivity contribution in [2.24, 2.45) is 0 Å². The fourth-order valence-corrected chi connectivity index (χ4v) is 5.81. The highest BCUT2D eigenvalue weighted by molar-refractivity contribution is 9.10. The molecule has 0 aliphatic carbocycles. The summed E-state index contributed by atoms with van der Waals surface area (Å²) < 4.78 is 28.3. The smallest absolute Gasteiger partial charge is 0.244 e. The van der Waals surface area contributed by atoms with Gasteiger partial charge < -0.3 is 10.2 Å². The lowest BCUT2D eigenvalue weighted by molar-refractivity contribution is -0.140. The van der Waals surface area contributed by atoms with Crippen molar-refractivity contribution in [1.29, 1.82) is 0 Å². The van der Waals surface area contributed by atoms with Crippen LogP contribution < -0.4 is 9.62 Å². The molecule has 0 saturated heterocycles. The second kappa shape index (κ2) is 14.6. The number of sulfonamides is 1. The molecule has 0 aliphatic rings. The molecule has 0 aliphatic heterocycles. The number of benzene rings is 3. The van der Waals surface area contributed by atoms with Gasteiger partial charge in [-0.1, -0.05) is 93.7 Å². The fraction of sp³-hybridized carbons (Fsp3) is 0.310. The number of amides is 2. The molecule has 0 radical (unpaired) electrons. The Balaban J connectivity index is 2.03. The van der Waals surface area contributed by atoms with Crippen molar-refractivity contribution >= 4 is 59.4 Å². The maximum Gasteiger partial charge on any atom is 0.244 e. The van der Waals surface area contributed by atoms with Gasteiger partial charge in [0.05, 0.1) is 11.9 Å². The molecule has 0 saturated carbocycles. The van der Waals surface area contributed by atoms with Crippen LogP contribution in [0.4, 0.5) is 5.69 Å². The number of anilines is 1. The fourth-order valence-electron chi connectivity index (χ4n) is 4.14. The summed E-state index contributed by atoms with van der Waals surface area (Å²) in [6.45, 7) is 2.22. The maximum atomic E-state index is 14.0. The molecule has 7 nitrogen and oxygen atoms in total. The Morgan fingerprint density at radius 1 is 0.897 bits per heavy atom. The van der Waals surface area contributed by atoms with Crippen molar-refractivity contribution in [3.05, 3.63) is 98.9 Å². The Bertz CT molecular complexity index is 1370. The molecule has 0 unspecified atom stereocenters. The van der Waals surface area contributed by atoms with Crippen molar-refractivity contribution in [3.8, 4) is 0 Å². The topological polar surface area (TPSA) is 86.8 Å². The van der Waals surface area contributed by atoms with Crippen molar-refractivity contribution in [2.75, 3.05) is 23.7 Å². The first-order valence-electron chi connectivity index (χ1n) is 12.7. The van der Waals surface area contributed by atoms with Gasteiger partial charge in [-0.25, -0.2) is 8.42 Å². The van der Waals surface area contributed by atoms with E-state index in [2.05, 4.69) is 37.2 Å². The van der Waals surface area contributed by atoms with Gasteiger partial charge in [0, 0.05) is 28.5 Å². The molecular formula is C29H33Br2N3O4S. The van der Waals surface area contributed by atoms with Gasteiger partial charge >= 0.3 is 0 Å². The van der Waals surface area contributed by atoms with Crippen molar-refractivity contribution in [1.82, 2.24) is 10.2 Å². The van der Waals surface area contributed by atoms with E-state index in [1.54, 1.807) is 24.3 Å². The van der Waals surface area contributed by atoms with E-state index in [1.807, 2.05) is 61.5 Å². The zero-order valence-electron chi connectivity index (χ0n) is 22.0. The molecule has 1 atom stereocenters. The van der Waals surface area contributed by atoms with Crippen LogP contribution in [0.5, 0.6) is 0 Å². The van der Waals surface area contributed by atoms with E-state index in [0.29, 0.717) is 16.7 Å². The van der Waals surface area contributed by atoms with Gasteiger partial charge in [-0.15, -0.1) is 0 Å². The van der Waals surface area contributed by atoms with Gasteiger partial charge in [-0.2, -0.15) is 0 Å². The summed E-state index contributed by atoms with van der Waals surface area (Å²) in [5.74, 6) is -0.754. The Hall–Kier alpha value is -2.69.